The monoisotopic (exact) mass is 401 g/mol. The standard InChI is InChI=1S/C23H20FN5O/c24-18-3-1-17(2-4-18)22-21(16-6-11-26-12-7-16)19-15-28(13-14-29(19)27-22)20(30)5-8-23(25)9-10-23/h1-4,6-7,11-12H,9-10,13-15,25H2. The van der Waals surface area contributed by atoms with Gasteiger partial charge in [-0.25, -0.2) is 4.39 Å². The van der Waals surface area contributed by atoms with Gasteiger partial charge in [-0.15, -0.1) is 0 Å². The summed E-state index contributed by atoms with van der Waals surface area (Å²) >= 11 is 0. The van der Waals surface area contributed by atoms with Crippen LogP contribution in [0, 0.1) is 17.7 Å². The number of halogens is 1. The number of carbonyl (C=O) groups excluding carboxylic acids is 1. The molecule has 150 valence electrons. The maximum Gasteiger partial charge on any atom is 0.298 e. The summed E-state index contributed by atoms with van der Waals surface area (Å²) in [6.07, 6.45) is 5.13. The molecule has 0 radical (unpaired) electrons. The molecule has 2 aliphatic rings. The molecule has 1 fully saturated rings. The van der Waals surface area contributed by atoms with Crippen molar-refractivity contribution in [3.8, 4) is 34.2 Å². The Morgan fingerprint density at radius 3 is 2.50 bits per heavy atom. The van der Waals surface area contributed by atoms with Gasteiger partial charge in [0, 0.05) is 30.1 Å². The Balaban J connectivity index is 1.55. The second-order valence-corrected chi connectivity index (χ2v) is 7.77. The number of amides is 1. The molecule has 0 spiro atoms. The zero-order chi connectivity index (χ0) is 20.7. The highest BCUT2D eigenvalue weighted by atomic mass is 19.1. The van der Waals surface area contributed by atoms with Gasteiger partial charge in [0.15, 0.2) is 0 Å². The molecule has 3 heterocycles. The second-order valence-electron chi connectivity index (χ2n) is 7.77. The lowest BCUT2D eigenvalue weighted by atomic mass is 9.99. The first-order chi connectivity index (χ1) is 14.5. The first-order valence-electron chi connectivity index (χ1n) is 9.89. The van der Waals surface area contributed by atoms with E-state index in [1.165, 1.54) is 12.1 Å². The van der Waals surface area contributed by atoms with E-state index < -0.39 is 5.54 Å². The summed E-state index contributed by atoms with van der Waals surface area (Å²) in [4.78, 5) is 18.5. The van der Waals surface area contributed by atoms with E-state index in [4.69, 9.17) is 10.8 Å². The van der Waals surface area contributed by atoms with Gasteiger partial charge in [0.25, 0.3) is 5.91 Å². The van der Waals surface area contributed by atoms with Crippen molar-refractivity contribution in [2.45, 2.75) is 31.5 Å². The third kappa shape index (κ3) is 3.46. The first kappa shape index (κ1) is 18.5. The van der Waals surface area contributed by atoms with Crippen molar-refractivity contribution in [2.24, 2.45) is 5.73 Å². The minimum absolute atomic E-state index is 0.219. The predicted octanol–water partition coefficient (Wildman–Crippen LogP) is 2.59. The molecule has 0 atom stereocenters. The molecule has 1 aliphatic heterocycles. The van der Waals surface area contributed by atoms with Gasteiger partial charge in [-0.05, 0) is 60.7 Å². The topological polar surface area (TPSA) is 77.0 Å². The number of fused-ring (bicyclic) bond motifs is 1. The average Bonchev–Trinajstić information content (AvgIpc) is 3.39. The first-order valence-corrected chi connectivity index (χ1v) is 9.89. The molecule has 2 aromatic heterocycles. The summed E-state index contributed by atoms with van der Waals surface area (Å²) in [7, 11) is 0. The van der Waals surface area contributed by atoms with Crippen LogP contribution in [0.5, 0.6) is 0 Å². The van der Waals surface area contributed by atoms with Crippen LogP contribution in [0.2, 0.25) is 0 Å². The zero-order valence-corrected chi connectivity index (χ0v) is 16.3. The number of benzene rings is 1. The molecule has 3 aromatic rings. The fourth-order valence-corrected chi connectivity index (χ4v) is 3.64. The summed E-state index contributed by atoms with van der Waals surface area (Å²) in [6, 6.07) is 10.1. The van der Waals surface area contributed by atoms with Crippen LogP contribution in [0.15, 0.2) is 48.8 Å². The number of aromatic nitrogens is 3. The van der Waals surface area contributed by atoms with Gasteiger partial charge < -0.3 is 10.6 Å². The second kappa shape index (κ2) is 7.08. The fourth-order valence-electron chi connectivity index (χ4n) is 3.64. The Labute approximate surface area is 173 Å². The molecule has 0 saturated heterocycles. The lowest BCUT2D eigenvalue weighted by molar-refractivity contribution is -0.126. The van der Waals surface area contributed by atoms with E-state index in [1.807, 2.05) is 16.8 Å². The van der Waals surface area contributed by atoms with E-state index in [0.717, 1.165) is 40.9 Å². The zero-order valence-electron chi connectivity index (χ0n) is 16.3. The van der Waals surface area contributed by atoms with E-state index in [2.05, 4.69) is 16.8 Å². The maximum atomic E-state index is 13.5. The van der Waals surface area contributed by atoms with E-state index in [9.17, 15) is 9.18 Å². The maximum absolute atomic E-state index is 13.5. The van der Waals surface area contributed by atoms with Crippen LogP contribution in [0.3, 0.4) is 0 Å². The Bertz CT molecular complexity index is 1170. The molecule has 0 unspecified atom stereocenters. The molecular weight excluding hydrogens is 381 g/mol. The highest BCUT2D eigenvalue weighted by Gasteiger charge is 2.36. The van der Waals surface area contributed by atoms with Crippen molar-refractivity contribution in [1.29, 1.82) is 0 Å². The van der Waals surface area contributed by atoms with Crippen LogP contribution in [0.1, 0.15) is 18.5 Å². The van der Waals surface area contributed by atoms with Gasteiger partial charge >= 0.3 is 0 Å². The minimum Gasteiger partial charge on any atom is -0.324 e. The van der Waals surface area contributed by atoms with Gasteiger partial charge in [-0.1, -0.05) is 5.92 Å². The van der Waals surface area contributed by atoms with E-state index in [-0.39, 0.29) is 11.7 Å². The molecule has 1 amide bonds. The van der Waals surface area contributed by atoms with Crippen LogP contribution >= 0.6 is 0 Å². The largest absolute Gasteiger partial charge is 0.324 e. The third-order valence-electron chi connectivity index (χ3n) is 5.56. The summed E-state index contributed by atoms with van der Waals surface area (Å²) < 4.78 is 15.4. The van der Waals surface area contributed by atoms with Crippen LogP contribution in [-0.4, -0.2) is 37.7 Å². The van der Waals surface area contributed by atoms with Gasteiger partial charge in [0.05, 0.1) is 24.3 Å². The number of hydrogen-bond donors (Lipinski definition) is 1. The number of carbonyl (C=O) groups is 1. The van der Waals surface area contributed by atoms with E-state index in [0.29, 0.717) is 19.6 Å². The molecule has 1 saturated carbocycles. The van der Waals surface area contributed by atoms with E-state index >= 15 is 0 Å². The van der Waals surface area contributed by atoms with Crippen molar-refractivity contribution >= 4 is 5.91 Å². The Kier molecular flexibility index (Phi) is 4.37. The summed E-state index contributed by atoms with van der Waals surface area (Å²) in [6.45, 7) is 1.49. The molecule has 0 bridgehead atoms. The van der Waals surface area contributed by atoms with Gasteiger partial charge in [-0.3, -0.25) is 14.5 Å². The molecule has 1 aliphatic carbocycles. The normalized spacial score (nSPS) is 16.4. The summed E-state index contributed by atoms with van der Waals surface area (Å²) in [5.41, 5.74) is 9.89. The third-order valence-corrected chi connectivity index (χ3v) is 5.56. The minimum atomic E-state index is -0.481. The van der Waals surface area contributed by atoms with Crippen molar-refractivity contribution < 1.29 is 9.18 Å². The van der Waals surface area contributed by atoms with Gasteiger partial charge in [0.1, 0.15) is 11.5 Å². The number of hydrogen-bond acceptors (Lipinski definition) is 4. The van der Waals surface area contributed by atoms with Crippen molar-refractivity contribution in [3.05, 3.63) is 60.3 Å². The highest BCUT2D eigenvalue weighted by molar-refractivity contribution is 5.94. The Hall–Kier alpha value is -3.50. The summed E-state index contributed by atoms with van der Waals surface area (Å²) in [5, 5.41) is 4.80. The quantitative estimate of drug-likeness (QED) is 0.670. The number of pyridine rings is 1. The van der Waals surface area contributed by atoms with Gasteiger partial charge in [-0.2, -0.15) is 5.10 Å². The van der Waals surface area contributed by atoms with Crippen LogP contribution in [-0.2, 0) is 17.9 Å². The molecule has 6 nitrogen and oxygen atoms in total. The van der Waals surface area contributed by atoms with Gasteiger partial charge in [0.2, 0.25) is 0 Å². The number of nitrogens with two attached hydrogens (primary N) is 1. The van der Waals surface area contributed by atoms with Crippen LogP contribution in [0.25, 0.3) is 22.4 Å². The molecule has 30 heavy (non-hydrogen) atoms. The Morgan fingerprint density at radius 2 is 1.80 bits per heavy atom. The smallest absolute Gasteiger partial charge is 0.298 e. The highest BCUT2D eigenvalue weighted by Crippen LogP contribution is 2.36. The lowest BCUT2D eigenvalue weighted by Gasteiger charge is -2.26. The van der Waals surface area contributed by atoms with Crippen molar-refractivity contribution in [3.63, 3.8) is 0 Å². The summed E-state index contributed by atoms with van der Waals surface area (Å²) in [5.74, 6) is 5.11. The van der Waals surface area contributed by atoms with Crippen molar-refractivity contribution in [2.75, 3.05) is 6.54 Å². The molecule has 2 N–H and O–H groups in total. The van der Waals surface area contributed by atoms with E-state index in [1.54, 1.807) is 29.4 Å². The van der Waals surface area contributed by atoms with Crippen LogP contribution in [0.4, 0.5) is 4.39 Å². The predicted molar refractivity (Wildman–Crippen MR) is 110 cm³/mol. The molecule has 1 aromatic carbocycles. The molecule has 5 rings (SSSR count). The van der Waals surface area contributed by atoms with Crippen molar-refractivity contribution in [1.82, 2.24) is 19.7 Å². The number of nitrogens with zero attached hydrogens (tertiary/aromatic N) is 4. The fraction of sp³-hybridized carbons (Fsp3) is 0.261. The SMILES string of the molecule is NC1(C#CC(=O)N2CCn3nc(-c4ccc(F)cc4)c(-c4ccncc4)c3C2)CC1. The van der Waals surface area contributed by atoms with Crippen LogP contribution < -0.4 is 5.73 Å². The lowest BCUT2D eigenvalue weighted by Crippen LogP contribution is -2.38. The average molecular weight is 401 g/mol. The molecular formula is C23H20FN5O. The molecule has 7 heteroatoms. The Morgan fingerprint density at radius 1 is 1.07 bits per heavy atom. The number of rotatable bonds is 2.